The minimum absolute atomic E-state index is 0.0628. The van der Waals surface area contributed by atoms with Crippen molar-refractivity contribution in [3.8, 4) is 0 Å². The van der Waals surface area contributed by atoms with Crippen molar-refractivity contribution in [2.24, 2.45) is 5.92 Å². The molecule has 2 heterocycles. The molecule has 9 heteroatoms. The summed E-state index contributed by atoms with van der Waals surface area (Å²) >= 11 is 0. The van der Waals surface area contributed by atoms with Crippen LogP contribution < -0.4 is 9.62 Å². The highest BCUT2D eigenvalue weighted by molar-refractivity contribution is 7.92. The van der Waals surface area contributed by atoms with Crippen molar-refractivity contribution in [2.75, 3.05) is 35.8 Å². The molecule has 1 unspecified atom stereocenters. The molecule has 3 aromatic rings. The maximum absolute atomic E-state index is 13.7. The number of aromatic nitrogens is 2. The Morgan fingerprint density at radius 3 is 2.25 bits per heavy atom. The predicted octanol–water partition coefficient (Wildman–Crippen LogP) is 3.90. The maximum atomic E-state index is 13.7. The van der Waals surface area contributed by atoms with E-state index in [0.717, 1.165) is 24.1 Å². The predicted molar refractivity (Wildman–Crippen MR) is 139 cm³/mol. The van der Waals surface area contributed by atoms with E-state index in [-0.39, 0.29) is 22.5 Å². The Morgan fingerprint density at radius 2 is 1.61 bits per heavy atom. The average molecular weight is 506 g/mol. The van der Waals surface area contributed by atoms with Crippen molar-refractivity contribution < 1.29 is 13.2 Å². The molecule has 2 aliphatic rings. The molecule has 2 fully saturated rings. The smallest absolute Gasteiger partial charge is 0.263 e. The topological polar surface area (TPSA) is 95.5 Å². The van der Waals surface area contributed by atoms with Gasteiger partial charge in [0.05, 0.1) is 10.8 Å². The van der Waals surface area contributed by atoms with Gasteiger partial charge in [-0.3, -0.25) is 9.52 Å². The fraction of sp³-hybridized carbons (Fsp3) is 0.370. The summed E-state index contributed by atoms with van der Waals surface area (Å²) in [5, 5.41) is 0. The molecule has 1 aliphatic carbocycles. The molecule has 36 heavy (non-hydrogen) atoms. The lowest BCUT2D eigenvalue weighted by atomic mass is 9.83. The zero-order valence-corrected chi connectivity index (χ0v) is 21.0. The Morgan fingerprint density at radius 1 is 0.917 bits per heavy atom. The van der Waals surface area contributed by atoms with Gasteiger partial charge in [0.25, 0.3) is 10.0 Å². The Kier molecular flexibility index (Phi) is 7.18. The molecule has 0 radical (unpaired) electrons. The Bertz CT molecular complexity index is 1260. The van der Waals surface area contributed by atoms with E-state index in [4.69, 9.17) is 0 Å². The molecule has 1 aromatic heterocycles. The highest BCUT2D eigenvalue weighted by Crippen LogP contribution is 2.38. The summed E-state index contributed by atoms with van der Waals surface area (Å²) in [5.41, 5.74) is 2.07. The van der Waals surface area contributed by atoms with Crippen LogP contribution in [0.5, 0.6) is 0 Å². The van der Waals surface area contributed by atoms with E-state index in [0.29, 0.717) is 32.1 Å². The molecule has 1 saturated carbocycles. The molecule has 2 aromatic carbocycles. The fourth-order valence-electron chi connectivity index (χ4n) is 5.33. The van der Waals surface area contributed by atoms with Crippen LogP contribution in [0.25, 0.3) is 0 Å². The Balaban J connectivity index is 1.23. The van der Waals surface area contributed by atoms with Crippen LogP contribution in [-0.2, 0) is 14.8 Å². The van der Waals surface area contributed by atoms with Crippen LogP contribution in [0.3, 0.4) is 0 Å². The Hall–Kier alpha value is -3.46. The lowest BCUT2D eigenvalue weighted by Gasteiger charge is -2.38. The number of benzene rings is 2. The summed E-state index contributed by atoms with van der Waals surface area (Å²) < 4.78 is 27.8. The number of sulfonamides is 1. The van der Waals surface area contributed by atoms with Gasteiger partial charge in [-0.25, -0.2) is 18.4 Å². The number of piperazine rings is 1. The average Bonchev–Trinajstić information content (AvgIpc) is 3.44. The third-order valence-corrected chi connectivity index (χ3v) is 8.59. The molecule has 0 spiro atoms. The standard InChI is InChI=1S/C27H31N5O3S/c33-27(26(22-8-4-5-9-22)21-6-2-1-3-7-21)32-18-16-31(17-19-32)23-10-12-24(13-11-23)36(34,35)30-25-14-15-28-20-29-25/h1-3,6-7,10-15,20,22,26H,4-5,8-9,16-19H2,(H,28,29,30). The normalized spacial score (nSPS) is 17.7. The second kappa shape index (κ2) is 10.7. The van der Waals surface area contributed by atoms with Gasteiger partial charge in [-0.15, -0.1) is 0 Å². The number of carbonyl (C=O) groups is 1. The van der Waals surface area contributed by atoms with Gasteiger partial charge in [-0.05, 0) is 54.7 Å². The summed E-state index contributed by atoms with van der Waals surface area (Å²) in [7, 11) is -3.74. The number of rotatable bonds is 7. The first-order chi connectivity index (χ1) is 17.5. The Labute approximate surface area is 212 Å². The number of hydrogen-bond donors (Lipinski definition) is 1. The summed E-state index contributed by atoms with van der Waals surface area (Å²) in [4.78, 5) is 25.7. The van der Waals surface area contributed by atoms with E-state index < -0.39 is 10.0 Å². The summed E-state index contributed by atoms with van der Waals surface area (Å²) in [5.74, 6) is 0.821. The van der Waals surface area contributed by atoms with E-state index in [2.05, 4.69) is 31.7 Å². The first kappa shape index (κ1) is 24.2. The van der Waals surface area contributed by atoms with Gasteiger partial charge < -0.3 is 9.80 Å². The number of nitrogens with zero attached hydrogens (tertiary/aromatic N) is 4. The first-order valence-corrected chi connectivity index (χ1v) is 14.0. The van der Waals surface area contributed by atoms with E-state index in [1.165, 1.54) is 31.4 Å². The maximum Gasteiger partial charge on any atom is 0.263 e. The van der Waals surface area contributed by atoms with E-state index in [9.17, 15) is 13.2 Å². The van der Waals surface area contributed by atoms with Crippen LogP contribution in [0.1, 0.15) is 37.2 Å². The van der Waals surface area contributed by atoms with Crippen molar-refractivity contribution in [3.63, 3.8) is 0 Å². The van der Waals surface area contributed by atoms with E-state index >= 15 is 0 Å². The van der Waals surface area contributed by atoms with Crippen LogP contribution in [-0.4, -0.2) is 55.4 Å². The molecule has 0 bridgehead atoms. The molecule has 1 saturated heterocycles. The quantitative estimate of drug-likeness (QED) is 0.523. The number of anilines is 2. The van der Waals surface area contributed by atoms with Crippen LogP contribution >= 0.6 is 0 Å². The number of carbonyl (C=O) groups excluding carboxylic acids is 1. The molecule has 1 amide bonds. The molecule has 1 aliphatic heterocycles. The largest absolute Gasteiger partial charge is 0.368 e. The molecule has 1 N–H and O–H groups in total. The molecule has 1 atom stereocenters. The minimum Gasteiger partial charge on any atom is -0.368 e. The molecular formula is C27H31N5O3S. The first-order valence-electron chi connectivity index (χ1n) is 12.5. The SMILES string of the molecule is O=C(C(c1ccccc1)C1CCCC1)N1CCN(c2ccc(S(=O)(=O)Nc3ccncn3)cc2)CC1. The van der Waals surface area contributed by atoms with Gasteiger partial charge in [0.1, 0.15) is 12.1 Å². The lowest BCUT2D eigenvalue weighted by Crippen LogP contribution is -2.50. The van der Waals surface area contributed by atoms with E-state index in [1.54, 1.807) is 12.1 Å². The zero-order valence-electron chi connectivity index (χ0n) is 20.2. The highest BCUT2D eigenvalue weighted by atomic mass is 32.2. The van der Waals surface area contributed by atoms with Crippen LogP contribution in [0, 0.1) is 5.92 Å². The molecule has 8 nitrogen and oxygen atoms in total. The molecule has 5 rings (SSSR count). The van der Waals surface area contributed by atoms with Gasteiger partial charge in [0.15, 0.2) is 0 Å². The van der Waals surface area contributed by atoms with Crippen molar-refractivity contribution in [1.82, 2.24) is 14.9 Å². The second-order valence-corrected chi connectivity index (χ2v) is 11.1. The van der Waals surface area contributed by atoms with Crippen molar-refractivity contribution in [3.05, 3.63) is 78.8 Å². The third-order valence-electron chi connectivity index (χ3n) is 7.22. The van der Waals surface area contributed by atoms with Crippen molar-refractivity contribution in [1.29, 1.82) is 0 Å². The van der Waals surface area contributed by atoms with Crippen LogP contribution in [0.15, 0.2) is 78.1 Å². The fourth-order valence-corrected chi connectivity index (χ4v) is 6.34. The van der Waals surface area contributed by atoms with Crippen LogP contribution in [0.2, 0.25) is 0 Å². The number of nitrogens with one attached hydrogen (secondary N) is 1. The zero-order chi connectivity index (χ0) is 25.0. The van der Waals surface area contributed by atoms with Gasteiger partial charge >= 0.3 is 0 Å². The summed E-state index contributed by atoms with van der Waals surface area (Å²) in [6.07, 6.45) is 7.42. The summed E-state index contributed by atoms with van der Waals surface area (Å²) in [6, 6.07) is 18.6. The van der Waals surface area contributed by atoms with Gasteiger partial charge in [-0.1, -0.05) is 43.2 Å². The highest BCUT2D eigenvalue weighted by Gasteiger charge is 2.35. The molecule has 188 valence electrons. The van der Waals surface area contributed by atoms with Crippen molar-refractivity contribution >= 4 is 27.4 Å². The van der Waals surface area contributed by atoms with Crippen LogP contribution in [0.4, 0.5) is 11.5 Å². The summed E-state index contributed by atoms with van der Waals surface area (Å²) in [6.45, 7) is 2.74. The molecular weight excluding hydrogens is 474 g/mol. The van der Waals surface area contributed by atoms with Gasteiger partial charge in [-0.2, -0.15) is 0 Å². The minimum atomic E-state index is -3.74. The monoisotopic (exact) mass is 505 g/mol. The lowest BCUT2D eigenvalue weighted by molar-refractivity contribution is -0.134. The van der Waals surface area contributed by atoms with E-state index in [1.807, 2.05) is 35.2 Å². The van der Waals surface area contributed by atoms with Gasteiger partial charge in [0, 0.05) is 38.1 Å². The van der Waals surface area contributed by atoms with Gasteiger partial charge in [0.2, 0.25) is 5.91 Å². The number of amides is 1. The number of hydrogen-bond acceptors (Lipinski definition) is 6. The third kappa shape index (κ3) is 5.36. The van der Waals surface area contributed by atoms with Crippen molar-refractivity contribution in [2.45, 2.75) is 36.5 Å². The second-order valence-electron chi connectivity index (χ2n) is 9.44.